The molecule has 2 aromatic heterocycles. The van der Waals surface area contributed by atoms with Crippen molar-refractivity contribution >= 4 is 23.2 Å². The van der Waals surface area contributed by atoms with Crippen molar-refractivity contribution in [3.05, 3.63) is 48.7 Å². The van der Waals surface area contributed by atoms with E-state index >= 15 is 0 Å². The normalized spacial score (nSPS) is 10.3. The Hall–Kier alpha value is -2.75. The molecule has 0 spiro atoms. The third kappa shape index (κ3) is 3.86. The number of thiazole rings is 1. The maximum absolute atomic E-state index is 11.7. The standard InChI is InChI=1S/C11H10N4O5S/c16-7-3-5(14-11(20)15-7)9(17)12-2-1-8-13-6(4-21-8)10(18)19/h3-4H,1-2H2,(H,12,17)(H,18,19)(H2,14,15,16,20). The first-order valence-corrected chi connectivity index (χ1v) is 6.63. The lowest BCUT2D eigenvalue weighted by Gasteiger charge is -2.02. The van der Waals surface area contributed by atoms with Crippen LogP contribution in [0.3, 0.4) is 0 Å². The molecule has 9 nitrogen and oxygen atoms in total. The number of nitrogens with zero attached hydrogens (tertiary/aromatic N) is 1. The van der Waals surface area contributed by atoms with E-state index in [4.69, 9.17) is 5.11 Å². The fraction of sp³-hybridized carbons (Fsp3) is 0.182. The summed E-state index contributed by atoms with van der Waals surface area (Å²) >= 11 is 1.17. The van der Waals surface area contributed by atoms with E-state index in [0.717, 1.165) is 6.07 Å². The van der Waals surface area contributed by atoms with Crippen LogP contribution in [-0.2, 0) is 6.42 Å². The van der Waals surface area contributed by atoms with Gasteiger partial charge in [0, 0.05) is 24.4 Å². The summed E-state index contributed by atoms with van der Waals surface area (Å²) in [5, 5.41) is 13.2. The van der Waals surface area contributed by atoms with Crippen molar-refractivity contribution in [3.63, 3.8) is 0 Å². The fourth-order valence-corrected chi connectivity index (χ4v) is 2.27. The van der Waals surface area contributed by atoms with Crippen LogP contribution in [0.15, 0.2) is 21.0 Å². The summed E-state index contributed by atoms with van der Waals surface area (Å²) in [7, 11) is 0. The van der Waals surface area contributed by atoms with Gasteiger partial charge in [0.25, 0.3) is 11.5 Å². The summed E-state index contributed by atoms with van der Waals surface area (Å²) in [6.45, 7) is 0.195. The van der Waals surface area contributed by atoms with Crippen LogP contribution in [0.1, 0.15) is 26.0 Å². The van der Waals surface area contributed by atoms with E-state index in [9.17, 15) is 19.2 Å². The lowest BCUT2D eigenvalue weighted by atomic mass is 10.3. The molecule has 21 heavy (non-hydrogen) atoms. The third-order valence-corrected chi connectivity index (χ3v) is 3.31. The van der Waals surface area contributed by atoms with Gasteiger partial charge in [0.05, 0.1) is 5.01 Å². The minimum atomic E-state index is -1.11. The smallest absolute Gasteiger partial charge is 0.355 e. The zero-order chi connectivity index (χ0) is 15.4. The Morgan fingerprint density at radius 1 is 1.33 bits per heavy atom. The average molecular weight is 310 g/mol. The van der Waals surface area contributed by atoms with E-state index in [1.807, 2.05) is 4.98 Å². The summed E-state index contributed by atoms with van der Waals surface area (Å²) < 4.78 is 0. The van der Waals surface area contributed by atoms with Gasteiger partial charge in [-0.15, -0.1) is 11.3 Å². The Balaban J connectivity index is 1.93. The number of aromatic nitrogens is 3. The average Bonchev–Trinajstić information content (AvgIpc) is 2.86. The fourth-order valence-electron chi connectivity index (χ4n) is 1.49. The lowest BCUT2D eigenvalue weighted by Crippen LogP contribution is -2.31. The number of aromatic carboxylic acids is 1. The van der Waals surface area contributed by atoms with Crippen LogP contribution in [0.25, 0.3) is 0 Å². The van der Waals surface area contributed by atoms with Crippen molar-refractivity contribution in [2.75, 3.05) is 6.54 Å². The van der Waals surface area contributed by atoms with Crippen molar-refractivity contribution in [3.8, 4) is 0 Å². The number of carboxylic acid groups (broad SMARTS) is 1. The van der Waals surface area contributed by atoms with Crippen LogP contribution >= 0.6 is 11.3 Å². The largest absolute Gasteiger partial charge is 0.476 e. The van der Waals surface area contributed by atoms with Gasteiger partial charge in [0.2, 0.25) is 0 Å². The first kappa shape index (κ1) is 14.7. The summed E-state index contributed by atoms with van der Waals surface area (Å²) in [6.07, 6.45) is 0.344. The quantitative estimate of drug-likeness (QED) is 0.568. The number of aromatic amines is 2. The molecule has 2 heterocycles. The minimum absolute atomic E-state index is 0.0414. The molecule has 0 aliphatic carbocycles. The van der Waals surface area contributed by atoms with Gasteiger partial charge >= 0.3 is 11.7 Å². The van der Waals surface area contributed by atoms with Crippen molar-refractivity contribution in [1.82, 2.24) is 20.3 Å². The molecule has 0 saturated heterocycles. The Morgan fingerprint density at radius 2 is 2.10 bits per heavy atom. The molecule has 0 atom stereocenters. The van der Waals surface area contributed by atoms with Crippen LogP contribution in [0.4, 0.5) is 0 Å². The van der Waals surface area contributed by atoms with Gasteiger partial charge in [-0.3, -0.25) is 14.6 Å². The van der Waals surface area contributed by atoms with Crippen LogP contribution in [0.2, 0.25) is 0 Å². The van der Waals surface area contributed by atoms with E-state index in [1.165, 1.54) is 16.7 Å². The van der Waals surface area contributed by atoms with Gasteiger partial charge in [-0.05, 0) is 0 Å². The molecular formula is C11H10N4O5S. The maximum atomic E-state index is 11.7. The Labute approximate surface area is 120 Å². The molecule has 110 valence electrons. The molecule has 0 aliphatic heterocycles. The van der Waals surface area contributed by atoms with E-state index in [0.29, 0.717) is 11.4 Å². The third-order valence-electron chi connectivity index (χ3n) is 2.40. The second-order valence-electron chi connectivity index (χ2n) is 3.94. The van der Waals surface area contributed by atoms with Gasteiger partial charge in [-0.1, -0.05) is 0 Å². The number of amides is 1. The van der Waals surface area contributed by atoms with Gasteiger partial charge < -0.3 is 15.4 Å². The number of hydrogen-bond acceptors (Lipinski definition) is 6. The van der Waals surface area contributed by atoms with E-state index < -0.39 is 23.1 Å². The lowest BCUT2D eigenvalue weighted by molar-refractivity contribution is 0.0690. The van der Waals surface area contributed by atoms with Crippen molar-refractivity contribution < 1.29 is 14.7 Å². The first-order chi connectivity index (χ1) is 9.95. The minimum Gasteiger partial charge on any atom is -0.476 e. The highest BCUT2D eigenvalue weighted by molar-refractivity contribution is 7.09. The molecule has 0 aromatic carbocycles. The maximum Gasteiger partial charge on any atom is 0.355 e. The summed E-state index contributed by atoms with van der Waals surface area (Å²) in [5.41, 5.74) is -1.62. The highest BCUT2D eigenvalue weighted by Gasteiger charge is 2.10. The predicted octanol–water partition coefficient (Wildman–Crippen LogP) is -0.810. The highest BCUT2D eigenvalue weighted by Crippen LogP contribution is 2.09. The predicted molar refractivity (Wildman–Crippen MR) is 72.8 cm³/mol. The van der Waals surface area contributed by atoms with Crippen molar-refractivity contribution in [2.24, 2.45) is 0 Å². The summed E-state index contributed by atoms with van der Waals surface area (Å²) in [6, 6.07) is 0.975. The summed E-state index contributed by atoms with van der Waals surface area (Å²) in [5.74, 6) is -1.71. The van der Waals surface area contributed by atoms with E-state index in [2.05, 4.69) is 15.3 Å². The highest BCUT2D eigenvalue weighted by atomic mass is 32.1. The second-order valence-corrected chi connectivity index (χ2v) is 4.88. The van der Waals surface area contributed by atoms with Crippen molar-refractivity contribution in [2.45, 2.75) is 6.42 Å². The van der Waals surface area contributed by atoms with Crippen molar-refractivity contribution in [1.29, 1.82) is 0 Å². The number of carbonyl (C=O) groups excluding carboxylic acids is 1. The van der Waals surface area contributed by atoms with Crippen LogP contribution in [-0.4, -0.2) is 38.5 Å². The molecule has 4 N–H and O–H groups in total. The van der Waals surface area contributed by atoms with Gasteiger partial charge in [-0.25, -0.2) is 14.6 Å². The molecule has 0 saturated carbocycles. The number of rotatable bonds is 5. The SMILES string of the molecule is O=C(O)c1csc(CCNC(=O)c2cc(=O)[nH]c(=O)[nH]2)n1. The van der Waals surface area contributed by atoms with Gasteiger partial charge in [-0.2, -0.15) is 0 Å². The van der Waals surface area contributed by atoms with Crippen LogP contribution < -0.4 is 16.6 Å². The monoisotopic (exact) mass is 310 g/mol. The molecule has 0 unspecified atom stereocenters. The number of carbonyl (C=O) groups is 2. The van der Waals surface area contributed by atoms with E-state index in [1.54, 1.807) is 0 Å². The van der Waals surface area contributed by atoms with Crippen LogP contribution in [0.5, 0.6) is 0 Å². The molecule has 0 radical (unpaired) electrons. The molecule has 1 amide bonds. The number of hydrogen-bond donors (Lipinski definition) is 4. The Morgan fingerprint density at radius 3 is 2.71 bits per heavy atom. The Bertz CT molecular complexity index is 762. The molecule has 0 aliphatic rings. The van der Waals surface area contributed by atoms with Gasteiger partial charge in [0.15, 0.2) is 5.69 Å². The summed E-state index contributed by atoms with van der Waals surface area (Å²) in [4.78, 5) is 52.5. The molecule has 10 heteroatoms. The van der Waals surface area contributed by atoms with E-state index in [-0.39, 0.29) is 17.9 Å². The molecule has 2 rings (SSSR count). The molecule has 0 bridgehead atoms. The zero-order valence-corrected chi connectivity index (χ0v) is 11.3. The zero-order valence-electron chi connectivity index (χ0n) is 10.5. The Kier molecular flexibility index (Phi) is 4.28. The topological polar surface area (TPSA) is 145 Å². The molecule has 2 aromatic rings. The number of carboxylic acids is 1. The number of H-pyrrole nitrogens is 2. The second kappa shape index (κ2) is 6.13. The van der Waals surface area contributed by atoms with Crippen LogP contribution in [0, 0.1) is 0 Å². The number of nitrogens with one attached hydrogen (secondary N) is 3. The first-order valence-electron chi connectivity index (χ1n) is 5.75. The molecule has 0 fully saturated rings. The van der Waals surface area contributed by atoms with Gasteiger partial charge in [0.1, 0.15) is 5.69 Å². The molecular weight excluding hydrogens is 300 g/mol.